The van der Waals surface area contributed by atoms with Crippen molar-refractivity contribution in [2.24, 2.45) is 0 Å². The van der Waals surface area contributed by atoms with Gasteiger partial charge in [-0.05, 0) is 43.9 Å². The van der Waals surface area contributed by atoms with E-state index in [4.69, 9.17) is 4.74 Å². The first-order chi connectivity index (χ1) is 15.2. The van der Waals surface area contributed by atoms with Crippen LogP contribution in [0.25, 0.3) is 0 Å². The Morgan fingerprint density at radius 2 is 1.62 bits per heavy atom. The van der Waals surface area contributed by atoms with Gasteiger partial charge >= 0.3 is 0 Å². The summed E-state index contributed by atoms with van der Waals surface area (Å²) in [5.41, 5.74) is 2.86. The molecule has 0 N–H and O–H groups in total. The Hall–Kier alpha value is -2.22. The van der Waals surface area contributed by atoms with Crippen LogP contribution in [0.5, 0.6) is 0 Å². The maximum absolute atomic E-state index is 13.7. The number of hydrogen-bond acceptors (Lipinski definition) is 4. The molecule has 7 heteroatoms. The third-order valence-corrected chi connectivity index (χ3v) is 8.90. The predicted octanol–water partition coefficient (Wildman–Crippen LogP) is 3.58. The minimum Gasteiger partial charge on any atom is -0.358 e. The number of carbonyl (C=O) groups is 1. The van der Waals surface area contributed by atoms with Crippen LogP contribution in [0.3, 0.4) is 0 Å². The second kappa shape index (κ2) is 8.96. The van der Waals surface area contributed by atoms with Crippen molar-refractivity contribution in [1.29, 1.82) is 0 Å². The summed E-state index contributed by atoms with van der Waals surface area (Å²) in [5.74, 6) is 0.112. The lowest BCUT2D eigenvalue weighted by molar-refractivity contribution is -0.140. The molecule has 172 valence electrons. The van der Waals surface area contributed by atoms with Crippen LogP contribution < -0.4 is 0 Å². The minimum absolute atomic E-state index is 0.112. The Labute approximate surface area is 191 Å². The van der Waals surface area contributed by atoms with E-state index in [1.807, 2.05) is 68.1 Å². The van der Waals surface area contributed by atoms with E-state index in [1.54, 1.807) is 4.31 Å². The Morgan fingerprint density at radius 3 is 2.25 bits per heavy atom. The van der Waals surface area contributed by atoms with Gasteiger partial charge < -0.3 is 9.64 Å². The van der Waals surface area contributed by atoms with Crippen molar-refractivity contribution < 1.29 is 17.9 Å². The molecular formula is C25H32N2O4S. The summed E-state index contributed by atoms with van der Waals surface area (Å²) in [6, 6.07) is 13.8. The molecule has 1 amide bonds. The number of nitrogens with zero attached hydrogens (tertiary/aromatic N) is 2. The van der Waals surface area contributed by atoms with Gasteiger partial charge in [-0.15, -0.1) is 0 Å². The van der Waals surface area contributed by atoms with Crippen LogP contribution in [0.4, 0.5) is 0 Å². The van der Waals surface area contributed by atoms with E-state index in [2.05, 4.69) is 0 Å². The molecule has 2 saturated heterocycles. The van der Waals surface area contributed by atoms with Gasteiger partial charge in [0.05, 0.1) is 11.5 Å². The molecule has 0 aromatic heterocycles. The van der Waals surface area contributed by atoms with Crippen LogP contribution in [-0.4, -0.2) is 55.5 Å². The Kier molecular flexibility index (Phi) is 6.43. The maximum atomic E-state index is 13.7. The van der Waals surface area contributed by atoms with Crippen molar-refractivity contribution in [3.8, 4) is 0 Å². The monoisotopic (exact) mass is 456 g/mol. The second-order valence-electron chi connectivity index (χ2n) is 8.97. The summed E-state index contributed by atoms with van der Waals surface area (Å²) in [4.78, 5) is 15.0. The number of aryl methyl sites for hydroxylation is 4. The number of likely N-dealkylation sites (tertiary alicyclic amines) is 1. The SMILES string of the molecule is Cc1cc(C)c(S(=O)(=O)N2CCOC23CCN(C(=O)CCc2ccccc2)CC3)c(C)c1. The first-order valence-electron chi connectivity index (χ1n) is 11.3. The van der Waals surface area contributed by atoms with E-state index in [0.29, 0.717) is 56.8 Å². The lowest BCUT2D eigenvalue weighted by Crippen LogP contribution is -2.55. The van der Waals surface area contributed by atoms with Gasteiger partial charge in [-0.1, -0.05) is 48.0 Å². The Bertz CT molecular complexity index is 1070. The Balaban J connectivity index is 1.46. The number of piperidine rings is 1. The molecule has 2 heterocycles. The lowest BCUT2D eigenvalue weighted by Gasteiger charge is -2.43. The van der Waals surface area contributed by atoms with Gasteiger partial charge in [-0.2, -0.15) is 4.31 Å². The van der Waals surface area contributed by atoms with Crippen LogP contribution in [0.15, 0.2) is 47.4 Å². The number of hydrogen-bond donors (Lipinski definition) is 0. The third-order valence-electron chi connectivity index (χ3n) is 6.64. The van der Waals surface area contributed by atoms with Gasteiger partial charge in [-0.3, -0.25) is 4.79 Å². The normalized spacial score (nSPS) is 18.9. The summed E-state index contributed by atoms with van der Waals surface area (Å²) >= 11 is 0. The van der Waals surface area contributed by atoms with Gasteiger partial charge in [-0.25, -0.2) is 8.42 Å². The molecule has 0 unspecified atom stereocenters. The molecule has 32 heavy (non-hydrogen) atoms. The maximum Gasteiger partial charge on any atom is 0.246 e. The zero-order valence-electron chi connectivity index (χ0n) is 19.1. The van der Waals surface area contributed by atoms with Crippen molar-refractivity contribution in [2.75, 3.05) is 26.2 Å². The van der Waals surface area contributed by atoms with Crippen molar-refractivity contribution in [2.45, 2.75) is 57.1 Å². The van der Waals surface area contributed by atoms with Crippen LogP contribution in [-0.2, 0) is 26.0 Å². The van der Waals surface area contributed by atoms with Crippen LogP contribution in [0.1, 0.15) is 41.5 Å². The van der Waals surface area contributed by atoms with Crippen molar-refractivity contribution in [3.05, 3.63) is 64.7 Å². The molecule has 2 aromatic carbocycles. The van der Waals surface area contributed by atoms with Crippen LogP contribution in [0.2, 0.25) is 0 Å². The largest absolute Gasteiger partial charge is 0.358 e. The van der Waals surface area contributed by atoms with Gasteiger partial charge in [0.15, 0.2) is 0 Å². The number of ether oxygens (including phenoxy) is 1. The molecule has 2 fully saturated rings. The minimum atomic E-state index is -3.70. The molecule has 0 bridgehead atoms. The smallest absolute Gasteiger partial charge is 0.246 e. The molecule has 0 radical (unpaired) electrons. The molecule has 0 atom stereocenters. The lowest BCUT2D eigenvalue weighted by atomic mass is 10.00. The molecule has 6 nitrogen and oxygen atoms in total. The van der Waals surface area contributed by atoms with Crippen LogP contribution in [0, 0.1) is 20.8 Å². The third kappa shape index (κ3) is 4.34. The Morgan fingerprint density at radius 1 is 1.00 bits per heavy atom. The summed E-state index contributed by atoms with van der Waals surface area (Å²) < 4.78 is 35.0. The molecule has 1 spiro atoms. The number of rotatable bonds is 5. The quantitative estimate of drug-likeness (QED) is 0.690. The van der Waals surface area contributed by atoms with Gasteiger partial charge in [0.2, 0.25) is 15.9 Å². The molecule has 2 aromatic rings. The summed E-state index contributed by atoms with van der Waals surface area (Å²) in [5, 5.41) is 0. The van der Waals surface area contributed by atoms with E-state index in [1.165, 1.54) is 0 Å². The highest BCUT2D eigenvalue weighted by atomic mass is 32.2. The fourth-order valence-electron chi connectivity index (χ4n) is 5.17. The fourth-order valence-corrected chi connectivity index (χ4v) is 7.31. The van der Waals surface area contributed by atoms with Crippen molar-refractivity contribution >= 4 is 15.9 Å². The van der Waals surface area contributed by atoms with E-state index in [-0.39, 0.29) is 5.91 Å². The van der Waals surface area contributed by atoms with Gasteiger partial charge in [0.1, 0.15) is 5.72 Å². The second-order valence-corrected chi connectivity index (χ2v) is 10.8. The summed E-state index contributed by atoms with van der Waals surface area (Å²) in [6.07, 6.45) is 2.16. The molecule has 2 aliphatic heterocycles. The van der Waals surface area contributed by atoms with E-state index < -0.39 is 15.7 Å². The van der Waals surface area contributed by atoms with Crippen molar-refractivity contribution in [3.63, 3.8) is 0 Å². The van der Waals surface area contributed by atoms with E-state index >= 15 is 0 Å². The highest BCUT2D eigenvalue weighted by molar-refractivity contribution is 7.89. The fraction of sp³-hybridized carbons (Fsp3) is 0.480. The first kappa shape index (κ1) is 23.0. The average Bonchev–Trinajstić information content (AvgIpc) is 3.16. The van der Waals surface area contributed by atoms with Gasteiger partial charge in [0.25, 0.3) is 0 Å². The van der Waals surface area contributed by atoms with Gasteiger partial charge in [0, 0.05) is 38.9 Å². The van der Waals surface area contributed by atoms with Crippen LogP contribution >= 0.6 is 0 Å². The topological polar surface area (TPSA) is 66.9 Å². The number of carbonyl (C=O) groups excluding carboxylic acids is 1. The molecule has 0 aliphatic carbocycles. The number of sulfonamides is 1. The van der Waals surface area contributed by atoms with E-state index in [9.17, 15) is 13.2 Å². The predicted molar refractivity (Wildman–Crippen MR) is 124 cm³/mol. The average molecular weight is 457 g/mol. The molecule has 4 rings (SSSR count). The standard InChI is InChI=1S/C25H32N2O4S/c1-19-17-20(2)24(21(3)18-19)32(29,30)27-15-16-31-25(27)11-13-26(14-12-25)23(28)10-9-22-7-5-4-6-8-22/h4-8,17-18H,9-16H2,1-3H3. The molecule has 0 saturated carbocycles. The first-order valence-corrected chi connectivity index (χ1v) is 12.7. The molecule has 2 aliphatic rings. The summed E-state index contributed by atoms with van der Waals surface area (Å²) in [6.45, 7) is 7.41. The number of benzene rings is 2. The number of amides is 1. The molecular weight excluding hydrogens is 424 g/mol. The van der Waals surface area contributed by atoms with Crippen molar-refractivity contribution in [1.82, 2.24) is 9.21 Å². The zero-order valence-corrected chi connectivity index (χ0v) is 20.0. The van der Waals surface area contributed by atoms with E-state index in [0.717, 1.165) is 22.3 Å². The summed E-state index contributed by atoms with van der Waals surface area (Å²) in [7, 11) is -3.70. The highest BCUT2D eigenvalue weighted by Gasteiger charge is 2.51. The highest BCUT2D eigenvalue weighted by Crippen LogP contribution is 2.39. The zero-order chi connectivity index (χ0) is 22.9.